The molecule has 1 fully saturated rings. The summed E-state index contributed by atoms with van der Waals surface area (Å²) in [6, 6.07) is 8.88. The van der Waals surface area contributed by atoms with Crippen molar-refractivity contribution in [1.29, 1.82) is 0 Å². The molecule has 32 heavy (non-hydrogen) atoms. The number of rotatable bonds is 6. The van der Waals surface area contributed by atoms with Gasteiger partial charge in [0.1, 0.15) is 5.82 Å². The van der Waals surface area contributed by atoms with Gasteiger partial charge in [-0.15, -0.1) is 0 Å². The molecule has 0 aliphatic carbocycles. The predicted molar refractivity (Wildman–Crippen MR) is 118 cm³/mol. The Balaban J connectivity index is 1.59. The Morgan fingerprint density at radius 1 is 1.12 bits per heavy atom. The number of carbonyl (C=O) groups is 2. The van der Waals surface area contributed by atoms with Crippen LogP contribution in [0.2, 0.25) is 5.02 Å². The van der Waals surface area contributed by atoms with Gasteiger partial charge in [0.25, 0.3) is 5.91 Å². The van der Waals surface area contributed by atoms with Gasteiger partial charge < -0.3 is 10.1 Å². The zero-order valence-corrected chi connectivity index (χ0v) is 19.2. The van der Waals surface area contributed by atoms with Crippen molar-refractivity contribution in [3.8, 4) is 0 Å². The molecule has 1 aliphatic rings. The zero-order valence-electron chi connectivity index (χ0n) is 17.7. The van der Waals surface area contributed by atoms with E-state index in [1.54, 1.807) is 0 Å². The standard InChI is InChI=1S/C22H24ClFN2O5S/c1-14-9-15(2)12-26(11-14)32(29,30)18-6-3-16(4-7-18)22(28)31-13-21(27)25-20-8-5-17(24)10-19(20)23/h3-8,10,14-15H,9,11-13H2,1-2H3,(H,25,27)/t14-,15-/m1/s1. The molecule has 0 radical (unpaired) electrons. The average Bonchev–Trinajstić information content (AvgIpc) is 2.73. The second kappa shape index (κ2) is 9.97. The molecular formula is C22H24ClFN2O5S. The van der Waals surface area contributed by atoms with Gasteiger partial charge in [-0.3, -0.25) is 4.79 Å². The van der Waals surface area contributed by atoms with Crippen molar-refractivity contribution in [2.24, 2.45) is 11.8 Å². The third kappa shape index (κ3) is 5.85. The Kier molecular flexibility index (Phi) is 7.53. The second-order valence-corrected chi connectivity index (χ2v) is 10.4. The first-order chi connectivity index (χ1) is 15.1. The first-order valence-electron chi connectivity index (χ1n) is 10.1. The number of anilines is 1. The highest BCUT2D eigenvalue weighted by Gasteiger charge is 2.31. The van der Waals surface area contributed by atoms with Crippen molar-refractivity contribution in [1.82, 2.24) is 4.31 Å². The van der Waals surface area contributed by atoms with Crippen LogP contribution in [-0.2, 0) is 19.6 Å². The van der Waals surface area contributed by atoms with Crippen LogP contribution in [0.3, 0.4) is 0 Å². The molecule has 0 unspecified atom stereocenters. The number of benzene rings is 2. The van der Waals surface area contributed by atoms with Crippen molar-refractivity contribution in [3.05, 3.63) is 58.9 Å². The van der Waals surface area contributed by atoms with Crippen LogP contribution < -0.4 is 5.32 Å². The smallest absolute Gasteiger partial charge is 0.338 e. The molecular weight excluding hydrogens is 459 g/mol. The molecule has 1 saturated heterocycles. The lowest BCUT2D eigenvalue weighted by Crippen LogP contribution is -2.42. The zero-order chi connectivity index (χ0) is 23.5. The van der Waals surface area contributed by atoms with E-state index < -0.39 is 34.3 Å². The van der Waals surface area contributed by atoms with Gasteiger partial charge in [-0.05, 0) is 60.7 Å². The van der Waals surface area contributed by atoms with Crippen molar-refractivity contribution in [2.75, 3.05) is 25.0 Å². The molecule has 1 amide bonds. The lowest BCUT2D eigenvalue weighted by atomic mass is 9.94. The van der Waals surface area contributed by atoms with E-state index in [-0.39, 0.29) is 33.0 Å². The number of amides is 1. The van der Waals surface area contributed by atoms with Crippen LogP contribution in [0.1, 0.15) is 30.6 Å². The molecule has 2 atom stereocenters. The maximum Gasteiger partial charge on any atom is 0.338 e. The summed E-state index contributed by atoms with van der Waals surface area (Å²) < 4.78 is 45.3. The largest absolute Gasteiger partial charge is 0.452 e. The summed E-state index contributed by atoms with van der Waals surface area (Å²) in [5.74, 6) is -1.43. The SMILES string of the molecule is C[C@@H]1C[C@@H](C)CN(S(=O)(=O)c2ccc(C(=O)OCC(=O)Nc3ccc(F)cc3Cl)cc2)C1. The van der Waals surface area contributed by atoms with Gasteiger partial charge in [-0.25, -0.2) is 17.6 Å². The van der Waals surface area contributed by atoms with E-state index in [2.05, 4.69) is 5.32 Å². The van der Waals surface area contributed by atoms with Gasteiger partial charge in [0, 0.05) is 13.1 Å². The van der Waals surface area contributed by atoms with Crippen LogP contribution in [0.25, 0.3) is 0 Å². The van der Waals surface area contributed by atoms with E-state index in [4.69, 9.17) is 16.3 Å². The monoisotopic (exact) mass is 482 g/mol. The van der Waals surface area contributed by atoms with Crippen molar-refractivity contribution < 1.29 is 27.1 Å². The van der Waals surface area contributed by atoms with Crippen molar-refractivity contribution >= 4 is 39.2 Å². The minimum Gasteiger partial charge on any atom is -0.452 e. The van der Waals surface area contributed by atoms with E-state index >= 15 is 0 Å². The van der Waals surface area contributed by atoms with Crippen molar-refractivity contribution in [3.63, 3.8) is 0 Å². The quantitative estimate of drug-likeness (QED) is 0.629. The third-order valence-corrected chi connectivity index (χ3v) is 7.26. The highest BCUT2D eigenvalue weighted by atomic mass is 35.5. The lowest BCUT2D eigenvalue weighted by molar-refractivity contribution is -0.119. The number of hydrogen-bond acceptors (Lipinski definition) is 5. The van der Waals surface area contributed by atoms with Gasteiger partial charge in [-0.1, -0.05) is 25.4 Å². The van der Waals surface area contributed by atoms with E-state index in [1.807, 2.05) is 13.8 Å². The second-order valence-electron chi connectivity index (χ2n) is 8.04. The summed E-state index contributed by atoms with van der Waals surface area (Å²) in [4.78, 5) is 24.3. The van der Waals surface area contributed by atoms with E-state index in [9.17, 15) is 22.4 Å². The lowest BCUT2D eigenvalue weighted by Gasteiger charge is -2.34. The maximum atomic E-state index is 13.1. The van der Waals surface area contributed by atoms with Gasteiger partial charge in [0.05, 0.1) is 21.2 Å². The van der Waals surface area contributed by atoms with Crippen LogP contribution in [0, 0.1) is 17.7 Å². The van der Waals surface area contributed by atoms with Gasteiger partial charge in [-0.2, -0.15) is 4.31 Å². The Morgan fingerprint density at radius 3 is 2.34 bits per heavy atom. The fraction of sp³-hybridized carbons (Fsp3) is 0.364. The summed E-state index contributed by atoms with van der Waals surface area (Å²) in [6.07, 6.45) is 0.984. The first-order valence-corrected chi connectivity index (χ1v) is 11.9. The molecule has 2 aromatic carbocycles. The van der Waals surface area contributed by atoms with Gasteiger partial charge in [0.2, 0.25) is 10.0 Å². The number of halogens is 2. The minimum absolute atomic E-state index is 0.0129. The Bertz CT molecular complexity index is 1100. The molecule has 0 bridgehead atoms. The highest BCUT2D eigenvalue weighted by Crippen LogP contribution is 2.27. The molecule has 1 N–H and O–H groups in total. The molecule has 3 rings (SSSR count). The Morgan fingerprint density at radius 2 is 1.75 bits per heavy atom. The molecule has 1 heterocycles. The molecule has 0 spiro atoms. The molecule has 1 aliphatic heterocycles. The highest BCUT2D eigenvalue weighted by molar-refractivity contribution is 7.89. The molecule has 0 aromatic heterocycles. The van der Waals surface area contributed by atoms with Gasteiger partial charge in [0.15, 0.2) is 6.61 Å². The molecule has 172 valence electrons. The summed E-state index contributed by atoms with van der Waals surface area (Å²) in [6.45, 7) is 4.39. The predicted octanol–water partition coefficient (Wildman–Crippen LogP) is 3.94. The average molecular weight is 483 g/mol. The summed E-state index contributed by atoms with van der Waals surface area (Å²) in [5.41, 5.74) is 0.293. The number of ether oxygens (including phenoxy) is 1. The van der Waals surface area contributed by atoms with E-state index in [1.165, 1.54) is 34.6 Å². The number of hydrogen-bond donors (Lipinski definition) is 1. The summed E-state index contributed by atoms with van der Waals surface area (Å²) in [5, 5.41) is 2.43. The molecule has 7 nitrogen and oxygen atoms in total. The number of carbonyl (C=O) groups excluding carboxylic acids is 2. The minimum atomic E-state index is -3.66. The topological polar surface area (TPSA) is 92.8 Å². The van der Waals surface area contributed by atoms with Crippen molar-refractivity contribution in [2.45, 2.75) is 25.2 Å². The first kappa shape index (κ1) is 24.2. The molecule has 0 saturated carbocycles. The van der Waals surface area contributed by atoms with E-state index in [0.717, 1.165) is 18.6 Å². The number of piperidine rings is 1. The third-order valence-electron chi connectivity index (χ3n) is 5.10. The number of esters is 1. The Hall–Kier alpha value is -2.49. The normalized spacial score (nSPS) is 19.4. The maximum absolute atomic E-state index is 13.1. The molecule has 2 aromatic rings. The van der Waals surface area contributed by atoms with E-state index in [0.29, 0.717) is 13.1 Å². The molecule has 10 heteroatoms. The van der Waals surface area contributed by atoms with Crippen LogP contribution in [0.4, 0.5) is 10.1 Å². The van der Waals surface area contributed by atoms with Crippen LogP contribution in [0.5, 0.6) is 0 Å². The summed E-state index contributed by atoms with van der Waals surface area (Å²) in [7, 11) is -3.66. The van der Waals surface area contributed by atoms with Crippen LogP contribution in [0.15, 0.2) is 47.4 Å². The number of sulfonamides is 1. The Labute approximate surface area is 191 Å². The number of nitrogens with one attached hydrogen (secondary N) is 1. The summed E-state index contributed by atoms with van der Waals surface area (Å²) >= 11 is 5.84. The fourth-order valence-electron chi connectivity index (χ4n) is 3.71. The van der Waals surface area contributed by atoms with Crippen LogP contribution >= 0.6 is 11.6 Å². The van der Waals surface area contributed by atoms with Crippen LogP contribution in [-0.4, -0.2) is 44.3 Å². The fourth-order valence-corrected chi connectivity index (χ4v) is 5.60. The van der Waals surface area contributed by atoms with Gasteiger partial charge >= 0.3 is 5.97 Å². The number of nitrogens with zero attached hydrogens (tertiary/aromatic N) is 1.